The molecule has 0 spiro atoms. The molecule has 1 aliphatic heterocycles. The lowest BCUT2D eigenvalue weighted by Crippen LogP contribution is -2.26. The van der Waals surface area contributed by atoms with Gasteiger partial charge in [-0.25, -0.2) is 0 Å². The van der Waals surface area contributed by atoms with Gasteiger partial charge in [0.05, 0.1) is 0 Å². The number of hydrogen-bond donors (Lipinski definition) is 1. The Bertz CT molecular complexity index is 743. The summed E-state index contributed by atoms with van der Waals surface area (Å²) in [5.41, 5.74) is 2.54. The van der Waals surface area contributed by atoms with Crippen molar-refractivity contribution in [3.63, 3.8) is 0 Å². The molecule has 1 saturated heterocycles. The molecule has 1 fully saturated rings. The Kier molecular flexibility index (Phi) is 5.16. The molecule has 0 atom stereocenters. The largest absolute Gasteiger partial charge is 0.352 e. The maximum absolute atomic E-state index is 12.2. The number of amides is 2. The van der Waals surface area contributed by atoms with Crippen LogP contribution in [0.15, 0.2) is 48.5 Å². The molecular weight excluding hydrogens is 324 g/mol. The van der Waals surface area contributed by atoms with Crippen LogP contribution < -0.4 is 10.2 Å². The summed E-state index contributed by atoms with van der Waals surface area (Å²) >= 11 is 5.95. The Morgan fingerprint density at radius 1 is 1.17 bits per heavy atom. The maximum atomic E-state index is 12.2. The molecule has 4 nitrogen and oxygen atoms in total. The lowest BCUT2D eigenvalue weighted by atomic mass is 10.1. The van der Waals surface area contributed by atoms with E-state index in [1.807, 2.05) is 36.4 Å². The van der Waals surface area contributed by atoms with Gasteiger partial charge < -0.3 is 10.2 Å². The van der Waals surface area contributed by atoms with Crippen molar-refractivity contribution in [1.82, 2.24) is 5.32 Å². The van der Waals surface area contributed by atoms with Gasteiger partial charge >= 0.3 is 0 Å². The third-order valence-corrected chi connectivity index (χ3v) is 4.34. The highest BCUT2D eigenvalue weighted by molar-refractivity contribution is 6.30. The monoisotopic (exact) mass is 342 g/mol. The van der Waals surface area contributed by atoms with Gasteiger partial charge in [0.25, 0.3) is 5.91 Å². The zero-order valence-electron chi connectivity index (χ0n) is 13.3. The highest BCUT2D eigenvalue weighted by Crippen LogP contribution is 2.21. The van der Waals surface area contributed by atoms with Gasteiger partial charge in [-0.05, 0) is 54.8 Å². The quantitative estimate of drug-likeness (QED) is 0.904. The van der Waals surface area contributed by atoms with Crippen molar-refractivity contribution < 1.29 is 9.59 Å². The van der Waals surface area contributed by atoms with Crippen molar-refractivity contribution in [3.05, 3.63) is 64.7 Å². The number of nitrogens with one attached hydrogen (secondary N) is 1. The average Bonchev–Trinajstić information content (AvgIpc) is 3.01. The van der Waals surface area contributed by atoms with Crippen LogP contribution in [0.5, 0.6) is 0 Å². The Morgan fingerprint density at radius 3 is 2.62 bits per heavy atom. The van der Waals surface area contributed by atoms with Gasteiger partial charge in [-0.2, -0.15) is 0 Å². The van der Waals surface area contributed by atoms with Crippen molar-refractivity contribution in [2.75, 3.05) is 18.0 Å². The molecule has 2 aromatic rings. The van der Waals surface area contributed by atoms with E-state index in [0.717, 1.165) is 30.6 Å². The summed E-state index contributed by atoms with van der Waals surface area (Å²) < 4.78 is 0. The average molecular weight is 343 g/mol. The van der Waals surface area contributed by atoms with Gasteiger partial charge in [0.15, 0.2) is 0 Å². The topological polar surface area (TPSA) is 49.4 Å². The molecule has 1 N–H and O–H groups in total. The van der Waals surface area contributed by atoms with Crippen LogP contribution in [0, 0.1) is 0 Å². The van der Waals surface area contributed by atoms with E-state index in [4.69, 9.17) is 11.6 Å². The molecule has 0 aromatic heterocycles. The standard InChI is InChI=1S/C19H19ClN2O2/c20-16-4-1-3-14(13-16)10-11-21-19(24)15-6-8-17(9-7-15)22-12-2-5-18(22)23/h1,3-4,6-9,13H,2,5,10-12H2,(H,21,24). The second kappa shape index (κ2) is 7.49. The predicted molar refractivity (Wildman–Crippen MR) is 95.5 cm³/mol. The number of rotatable bonds is 5. The van der Waals surface area contributed by atoms with Gasteiger partial charge in [-0.1, -0.05) is 23.7 Å². The summed E-state index contributed by atoms with van der Waals surface area (Å²) in [6.45, 7) is 1.30. The lowest BCUT2D eigenvalue weighted by molar-refractivity contribution is -0.117. The summed E-state index contributed by atoms with van der Waals surface area (Å²) in [5.74, 6) is 0.0325. The summed E-state index contributed by atoms with van der Waals surface area (Å²) in [4.78, 5) is 25.7. The molecule has 2 amide bonds. The minimum atomic E-state index is -0.115. The van der Waals surface area contributed by atoms with Gasteiger partial charge in [-0.15, -0.1) is 0 Å². The van der Waals surface area contributed by atoms with Crippen molar-refractivity contribution in [1.29, 1.82) is 0 Å². The molecule has 1 heterocycles. The summed E-state index contributed by atoms with van der Waals surface area (Å²) in [6, 6.07) is 14.8. The third kappa shape index (κ3) is 3.95. The number of hydrogen-bond acceptors (Lipinski definition) is 2. The van der Waals surface area contributed by atoms with E-state index >= 15 is 0 Å². The summed E-state index contributed by atoms with van der Waals surface area (Å²) in [7, 11) is 0. The Balaban J connectivity index is 1.54. The van der Waals surface area contributed by atoms with Crippen molar-refractivity contribution >= 4 is 29.1 Å². The van der Waals surface area contributed by atoms with E-state index < -0.39 is 0 Å². The molecule has 3 rings (SSSR count). The first-order valence-corrected chi connectivity index (χ1v) is 8.44. The van der Waals surface area contributed by atoms with Gasteiger partial charge in [-0.3, -0.25) is 9.59 Å². The van der Waals surface area contributed by atoms with E-state index in [1.54, 1.807) is 17.0 Å². The smallest absolute Gasteiger partial charge is 0.251 e. The van der Waals surface area contributed by atoms with Crippen LogP contribution in [0.3, 0.4) is 0 Å². The second-order valence-corrected chi connectivity index (χ2v) is 6.27. The van der Waals surface area contributed by atoms with E-state index in [-0.39, 0.29) is 11.8 Å². The van der Waals surface area contributed by atoms with Gasteiger partial charge in [0.2, 0.25) is 5.91 Å². The van der Waals surface area contributed by atoms with Crippen LogP contribution in [0.25, 0.3) is 0 Å². The SMILES string of the molecule is O=C(NCCc1cccc(Cl)c1)c1ccc(N2CCCC2=O)cc1. The Morgan fingerprint density at radius 2 is 1.96 bits per heavy atom. The Hall–Kier alpha value is -2.33. The molecule has 0 radical (unpaired) electrons. The molecule has 24 heavy (non-hydrogen) atoms. The fraction of sp³-hybridized carbons (Fsp3) is 0.263. The first-order valence-electron chi connectivity index (χ1n) is 8.06. The maximum Gasteiger partial charge on any atom is 0.251 e. The number of carbonyl (C=O) groups excluding carboxylic acids is 2. The zero-order chi connectivity index (χ0) is 16.9. The van der Waals surface area contributed by atoms with E-state index in [9.17, 15) is 9.59 Å². The second-order valence-electron chi connectivity index (χ2n) is 5.83. The summed E-state index contributed by atoms with van der Waals surface area (Å²) in [6.07, 6.45) is 2.23. The molecule has 0 bridgehead atoms. The van der Waals surface area contributed by atoms with E-state index in [0.29, 0.717) is 23.6 Å². The first kappa shape index (κ1) is 16.5. The highest BCUT2D eigenvalue weighted by Gasteiger charge is 2.21. The fourth-order valence-corrected chi connectivity index (χ4v) is 3.04. The van der Waals surface area contributed by atoms with Crippen LogP contribution in [0.4, 0.5) is 5.69 Å². The summed E-state index contributed by atoms with van der Waals surface area (Å²) in [5, 5.41) is 3.60. The Labute approximate surface area is 146 Å². The molecule has 0 aliphatic carbocycles. The third-order valence-electron chi connectivity index (χ3n) is 4.10. The zero-order valence-corrected chi connectivity index (χ0v) is 14.1. The number of nitrogens with zero attached hydrogens (tertiary/aromatic N) is 1. The van der Waals surface area contributed by atoms with E-state index in [1.165, 1.54) is 0 Å². The minimum absolute atomic E-state index is 0.115. The van der Waals surface area contributed by atoms with Gasteiger partial charge in [0.1, 0.15) is 0 Å². The number of benzene rings is 2. The molecule has 124 valence electrons. The molecule has 5 heteroatoms. The first-order chi connectivity index (χ1) is 11.6. The van der Waals surface area contributed by atoms with Crippen LogP contribution >= 0.6 is 11.6 Å². The molecular formula is C19H19ClN2O2. The van der Waals surface area contributed by atoms with Crippen LogP contribution in [0.2, 0.25) is 5.02 Å². The lowest BCUT2D eigenvalue weighted by Gasteiger charge is -2.15. The highest BCUT2D eigenvalue weighted by atomic mass is 35.5. The van der Waals surface area contributed by atoms with Crippen molar-refractivity contribution in [2.24, 2.45) is 0 Å². The minimum Gasteiger partial charge on any atom is -0.352 e. The number of carbonyl (C=O) groups is 2. The molecule has 1 aliphatic rings. The fourth-order valence-electron chi connectivity index (χ4n) is 2.83. The van der Waals surface area contributed by atoms with Gasteiger partial charge in [0, 0.05) is 35.8 Å². The van der Waals surface area contributed by atoms with Crippen molar-refractivity contribution in [3.8, 4) is 0 Å². The number of halogens is 1. The van der Waals surface area contributed by atoms with E-state index in [2.05, 4.69) is 5.32 Å². The molecule has 2 aromatic carbocycles. The van der Waals surface area contributed by atoms with Crippen LogP contribution in [-0.2, 0) is 11.2 Å². The van der Waals surface area contributed by atoms with Crippen LogP contribution in [-0.4, -0.2) is 24.9 Å². The predicted octanol–water partition coefficient (Wildman–Crippen LogP) is 3.44. The van der Waals surface area contributed by atoms with Crippen molar-refractivity contribution in [2.45, 2.75) is 19.3 Å². The number of anilines is 1. The molecule has 0 saturated carbocycles. The normalized spacial score (nSPS) is 14.0. The van der Waals surface area contributed by atoms with Crippen LogP contribution in [0.1, 0.15) is 28.8 Å². The molecule has 0 unspecified atom stereocenters.